The van der Waals surface area contributed by atoms with E-state index in [1.54, 1.807) is 7.05 Å². The van der Waals surface area contributed by atoms with Crippen LogP contribution in [0.2, 0.25) is 0 Å². The van der Waals surface area contributed by atoms with Crippen LogP contribution in [0.25, 0.3) is 0 Å². The zero-order chi connectivity index (χ0) is 15.3. The van der Waals surface area contributed by atoms with Gasteiger partial charge in [-0.1, -0.05) is 40.0 Å². The summed E-state index contributed by atoms with van der Waals surface area (Å²) in [6.07, 6.45) is 8.25. The van der Waals surface area contributed by atoms with Gasteiger partial charge in [0, 0.05) is 18.5 Å². The largest absolute Gasteiger partial charge is 0.443 e. The fourth-order valence-corrected chi connectivity index (χ4v) is 2.53. The third-order valence-electron chi connectivity index (χ3n) is 3.87. The lowest BCUT2D eigenvalue weighted by Crippen LogP contribution is -2.43. The highest BCUT2D eigenvalue weighted by Gasteiger charge is 2.19. The number of guanidine groups is 1. The van der Waals surface area contributed by atoms with Crippen molar-refractivity contribution in [2.45, 2.75) is 70.9 Å². The average Bonchev–Trinajstić information content (AvgIpc) is 2.93. The van der Waals surface area contributed by atoms with Crippen molar-refractivity contribution in [3.63, 3.8) is 0 Å². The van der Waals surface area contributed by atoms with Crippen LogP contribution in [0.3, 0.4) is 0 Å². The summed E-state index contributed by atoms with van der Waals surface area (Å²) in [5.41, 5.74) is -0.00667. The maximum absolute atomic E-state index is 5.78. The van der Waals surface area contributed by atoms with Gasteiger partial charge in [-0.15, -0.1) is 24.0 Å². The Balaban J connectivity index is 0.00000242. The molecule has 1 aromatic heterocycles. The molecule has 0 saturated heterocycles. The van der Waals surface area contributed by atoms with E-state index in [1.165, 1.54) is 32.1 Å². The molecule has 1 aliphatic rings. The van der Waals surface area contributed by atoms with Crippen molar-refractivity contribution < 1.29 is 4.42 Å². The molecule has 1 aliphatic carbocycles. The monoisotopic (exact) mass is 420 g/mol. The Bertz CT molecular complexity index is 473. The van der Waals surface area contributed by atoms with Crippen LogP contribution < -0.4 is 10.6 Å². The standard InChI is InChI=1S/C16H28N4O.HI/c1-16(2,3)13-10-18-14(21-13)11-19-15(17-4)20-12-8-6-5-7-9-12;/h10,12H,5-9,11H2,1-4H3,(H2,17,19,20);1H. The molecule has 0 unspecified atom stereocenters. The predicted octanol–water partition coefficient (Wildman–Crippen LogP) is 3.59. The molecule has 22 heavy (non-hydrogen) atoms. The summed E-state index contributed by atoms with van der Waals surface area (Å²) in [7, 11) is 1.80. The first-order chi connectivity index (χ1) is 9.99. The summed E-state index contributed by atoms with van der Waals surface area (Å²) in [5, 5.41) is 6.76. The van der Waals surface area contributed by atoms with E-state index >= 15 is 0 Å². The van der Waals surface area contributed by atoms with Gasteiger partial charge < -0.3 is 15.1 Å². The first-order valence-electron chi connectivity index (χ1n) is 7.91. The van der Waals surface area contributed by atoms with Gasteiger partial charge in [-0.25, -0.2) is 4.98 Å². The van der Waals surface area contributed by atoms with E-state index in [1.807, 2.05) is 6.20 Å². The lowest BCUT2D eigenvalue weighted by molar-refractivity contribution is 0.377. The molecule has 126 valence electrons. The Morgan fingerprint density at radius 2 is 2.00 bits per heavy atom. The Morgan fingerprint density at radius 3 is 2.55 bits per heavy atom. The van der Waals surface area contributed by atoms with Crippen molar-refractivity contribution >= 4 is 29.9 Å². The van der Waals surface area contributed by atoms with Gasteiger partial charge in [0.25, 0.3) is 0 Å². The van der Waals surface area contributed by atoms with E-state index in [0.717, 1.165) is 11.7 Å². The van der Waals surface area contributed by atoms with Gasteiger partial charge in [-0.2, -0.15) is 0 Å². The summed E-state index contributed by atoms with van der Waals surface area (Å²) in [6.45, 7) is 6.92. The van der Waals surface area contributed by atoms with Crippen molar-refractivity contribution in [2.24, 2.45) is 4.99 Å². The smallest absolute Gasteiger partial charge is 0.213 e. The highest BCUT2D eigenvalue weighted by Crippen LogP contribution is 2.22. The Hall–Kier alpha value is -0.790. The zero-order valence-corrected chi connectivity index (χ0v) is 16.4. The molecule has 1 aromatic rings. The second-order valence-electron chi connectivity index (χ2n) is 6.77. The van der Waals surface area contributed by atoms with Crippen molar-refractivity contribution in [2.75, 3.05) is 7.05 Å². The summed E-state index contributed by atoms with van der Waals surface area (Å²) >= 11 is 0. The molecule has 0 atom stereocenters. The SMILES string of the molecule is CN=C(NCc1ncc(C(C)(C)C)o1)NC1CCCCC1.I. The minimum Gasteiger partial charge on any atom is -0.443 e. The summed E-state index contributed by atoms with van der Waals surface area (Å²) < 4.78 is 5.78. The van der Waals surface area contributed by atoms with Gasteiger partial charge in [-0.05, 0) is 12.8 Å². The van der Waals surface area contributed by atoms with Crippen LogP contribution in [-0.2, 0) is 12.0 Å². The third kappa shape index (κ3) is 5.78. The van der Waals surface area contributed by atoms with Crippen molar-refractivity contribution in [1.29, 1.82) is 0 Å². The Morgan fingerprint density at radius 1 is 1.32 bits per heavy atom. The van der Waals surface area contributed by atoms with E-state index in [9.17, 15) is 0 Å². The Labute approximate surface area is 150 Å². The molecule has 2 rings (SSSR count). The van der Waals surface area contributed by atoms with Crippen LogP contribution in [0, 0.1) is 0 Å². The lowest BCUT2D eigenvalue weighted by atomic mass is 9.94. The molecule has 0 aromatic carbocycles. The van der Waals surface area contributed by atoms with Gasteiger partial charge in [0.1, 0.15) is 5.76 Å². The van der Waals surface area contributed by atoms with Gasteiger partial charge in [0.2, 0.25) is 5.89 Å². The molecular formula is C16H29IN4O. The number of aliphatic imine (C=N–C) groups is 1. The van der Waals surface area contributed by atoms with Crippen molar-refractivity contribution in [3.8, 4) is 0 Å². The second kappa shape index (κ2) is 8.74. The molecule has 5 nitrogen and oxygen atoms in total. The molecule has 1 fully saturated rings. The van der Waals surface area contributed by atoms with Gasteiger partial charge in [-0.3, -0.25) is 4.99 Å². The molecule has 1 saturated carbocycles. The molecule has 6 heteroatoms. The second-order valence-corrected chi connectivity index (χ2v) is 6.77. The van der Waals surface area contributed by atoms with Gasteiger partial charge >= 0.3 is 0 Å². The molecule has 2 N–H and O–H groups in total. The average molecular weight is 420 g/mol. The van der Waals surface area contributed by atoms with Gasteiger partial charge in [0.05, 0.1) is 12.7 Å². The number of oxazole rings is 1. The van der Waals surface area contributed by atoms with Crippen LogP contribution in [0.15, 0.2) is 15.6 Å². The molecule has 0 aliphatic heterocycles. The Kier molecular flexibility index (Phi) is 7.65. The first kappa shape index (κ1) is 19.3. The van der Waals surface area contributed by atoms with Crippen LogP contribution in [0.5, 0.6) is 0 Å². The topological polar surface area (TPSA) is 62.5 Å². The third-order valence-corrected chi connectivity index (χ3v) is 3.87. The number of rotatable bonds is 3. The normalized spacial score (nSPS) is 17.0. The van der Waals surface area contributed by atoms with E-state index in [0.29, 0.717) is 18.5 Å². The number of aromatic nitrogens is 1. The van der Waals surface area contributed by atoms with E-state index in [2.05, 4.69) is 41.4 Å². The lowest BCUT2D eigenvalue weighted by Gasteiger charge is -2.24. The predicted molar refractivity (Wildman–Crippen MR) is 101 cm³/mol. The van der Waals surface area contributed by atoms with Crippen molar-refractivity contribution in [1.82, 2.24) is 15.6 Å². The summed E-state index contributed by atoms with van der Waals surface area (Å²) in [5.74, 6) is 2.44. The first-order valence-corrected chi connectivity index (χ1v) is 7.91. The zero-order valence-electron chi connectivity index (χ0n) is 14.1. The van der Waals surface area contributed by atoms with Crippen LogP contribution >= 0.6 is 24.0 Å². The van der Waals surface area contributed by atoms with Crippen molar-refractivity contribution in [3.05, 3.63) is 17.8 Å². The van der Waals surface area contributed by atoms with Crippen LogP contribution in [0.1, 0.15) is 64.5 Å². The maximum atomic E-state index is 5.78. The highest BCUT2D eigenvalue weighted by atomic mass is 127. The number of nitrogens with zero attached hydrogens (tertiary/aromatic N) is 2. The minimum absolute atomic E-state index is 0. The fraction of sp³-hybridized carbons (Fsp3) is 0.750. The fourth-order valence-electron chi connectivity index (χ4n) is 2.53. The van der Waals surface area contributed by atoms with Gasteiger partial charge in [0.15, 0.2) is 5.96 Å². The molecule has 0 spiro atoms. The maximum Gasteiger partial charge on any atom is 0.213 e. The molecular weight excluding hydrogens is 391 g/mol. The van der Waals surface area contributed by atoms with Crippen LogP contribution in [0.4, 0.5) is 0 Å². The molecule has 0 bridgehead atoms. The number of halogens is 1. The molecule has 0 radical (unpaired) electrons. The number of hydrogen-bond acceptors (Lipinski definition) is 3. The number of hydrogen-bond donors (Lipinski definition) is 2. The summed E-state index contributed by atoms with van der Waals surface area (Å²) in [4.78, 5) is 8.60. The van der Waals surface area contributed by atoms with E-state index in [-0.39, 0.29) is 29.4 Å². The molecule has 1 heterocycles. The summed E-state index contributed by atoms with van der Waals surface area (Å²) in [6, 6.07) is 0.541. The number of nitrogens with one attached hydrogen (secondary N) is 2. The highest BCUT2D eigenvalue weighted by molar-refractivity contribution is 14.0. The van der Waals surface area contributed by atoms with Crippen LogP contribution in [-0.4, -0.2) is 24.0 Å². The quantitative estimate of drug-likeness (QED) is 0.446. The molecule has 0 amide bonds. The van der Waals surface area contributed by atoms with E-state index < -0.39 is 0 Å². The van der Waals surface area contributed by atoms with E-state index in [4.69, 9.17) is 4.42 Å². The minimum atomic E-state index is -0.00667.